The van der Waals surface area contributed by atoms with Gasteiger partial charge in [-0.25, -0.2) is 18.9 Å². The summed E-state index contributed by atoms with van der Waals surface area (Å²) in [7, 11) is 0. The van der Waals surface area contributed by atoms with E-state index in [0.717, 1.165) is 48.7 Å². The van der Waals surface area contributed by atoms with E-state index in [1.54, 1.807) is 0 Å². The highest BCUT2D eigenvalue weighted by molar-refractivity contribution is 5.30. The molecule has 0 saturated heterocycles. The van der Waals surface area contributed by atoms with Crippen LogP contribution in [0.15, 0.2) is 10.9 Å². The van der Waals surface area contributed by atoms with Gasteiger partial charge in [0, 0.05) is 29.4 Å². The molecule has 0 atom stereocenters. The van der Waals surface area contributed by atoms with Crippen LogP contribution in [0.5, 0.6) is 0 Å². The highest BCUT2D eigenvalue weighted by Gasteiger charge is 2.37. The third-order valence-electron chi connectivity index (χ3n) is 5.40. The molecule has 0 radical (unpaired) electrons. The van der Waals surface area contributed by atoms with Crippen LogP contribution in [-0.4, -0.2) is 40.0 Å². The summed E-state index contributed by atoms with van der Waals surface area (Å²) >= 11 is 0. The van der Waals surface area contributed by atoms with Crippen LogP contribution in [0.3, 0.4) is 0 Å². The second-order valence-corrected chi connectivity index (χ2v) is 7.62. The first-order valence-electron chi connectivity index (χ1n) is 9.14. The van der Waals surface area contributed by atoms with Crippen LogP contribution in [0.25, 0.3) is 5.78 Å². The number of nitrogens with zero attached hydrogens (tertiary/aromatic N) is 7. The lowest BCUT2D eigenvalue weighted by molar-refractivity contribution is 0.327. The first kappa shape index (κ1) is 15.7. The van der Waals surface area contributed by atoms with Crippen LogP contribution in [-0.2, 0) is 6.54 Å². The Kier molecular flexibility index (Phi) is 3.30. The summed E-state index contributed by atoms with van der Waals surface area (Å²) in [6, 6.07) is 2.60. The first-order chi connectivity index (χ1) is 12.5. The van der Waals surface area contributed by atoms with Crippen molar-refractivity contribution >= 4 is 5.78 Å². The molecule has 0 bridgehead atoms. The zero-order valence-electron chi connectivity index (χ0n) is 15.0. The van der Waals surface area contributed by atoms with E-state index >= 15 is 0 Å². The van der Waals surface area contributed by atoms with Gasteiger partial charge in [0.1, 0.15) is 12.4 Å². The molecule has 136 valence electrons. The average Bonchev–Trinajstić information content (AvgIpc) is 3.23. The average molecular weight is 354 g/mol. The van der Waals surface area contributed by atoms with Crippen molar-refractivity contribution in [1.29, 1.82) is 0 Å². The highest BCUT2D eigenvalue weighted by atomic mass is 16.2. The minimum absolute atomic E-state index is 0.192. The third kappa shape index (κ3) is 2.38. The lowest BCUT2D eigenvalue weighted by Gasteiger charge is -2.31. The molecule has 3 aromatic rings. The van der Waals surface area contributed by atoms with Crippen LogP contribution in [0, 0.1) is 13.8 Å². The van der Waals surface area contributed by atoms with E-state index < -0.39 is 0 Å². The van der Waals surface area contributed by atoms with E-state index in [1.807, 2.05) is 19.9 Å². The van der Waals surface area contributed by atoms with Crippen molar-refractivity contribution in [2.45, 2.75) is 64.1 Å². The van der Waals surface area contributed by atoms with Gasteiger partial charge in [0.05, 0.1) is 0 Å². The van der Waals surface area contributed by atoms with Crippen molar-refractivity contribution in [3.05, 3.63) is 39.6 Å². The zero-order valence-corrected chi connectivity index (χ0v) is 15.0. The lowest BCUT2D eigenvalue weighted by atomic mass is 9.80. The van der Waals surface area contributed by atoms with Crippen LogP contribution in [0.1, 0.15) is 60.7 Å². The summed E-state index contributed by atoms with van der Waals surface area (Å²) in [6.45, 7) is 4.10. The Morgan fingerprint density at radius 2 is 2.00 bits per heavy atom. The summed E-state index contributed by atoms with van der Waals surface area (Å²) in [6.07, 6.45) is 4.19. The van der Waals surface area contributed by atoms with Crippen molar-refractivity contribution in [3.8, 4) is 0 Å². The SMILES string of the molecule is Cc1cc(C)n2c(=O)n(Cc3nnc(C4CC(N)C4)n3C3CC3)nc2n1. The maximum atomic E-state index is 12.8. The Morgan fingerprint density at radius 3 is 2.69 bits per heavy atom. The van der Waals surface area contributed by atoms with Gasteiger partial charge in [-0.3, -0.25) is 0 Å². The first-order valence-corrected chi connectivity index (χ1v) is 9.14. The molecule has 2 saturated carbocycles. The van der Waals surface area contributed by atoms with Crippen LogP contribution in [0.2, 0.25) is 0 Å². The fraction of sp³-hybridized carbons (Fsp3) is 0.588. The molecule has 0 aromatic carbocycles. The number of nitrogens with two attached hydrogens (primary N) is 1. The van der Waals surface area contributed by atoms with Crippen molar-refractivity contribution in [3.63, 3.8) is 0 Å². The van der Waals surface area contributed by atoms with Crippen molar-refractivity contribution in [2.24, 2.45) is 5.73 Å². The zero-order chi connectivity index (χ0) is 18.0. The summed E-state index contributed by atoms with van der Waals surface area (Å²) in [4.78, 5) is 17.1. The maximum absolute atomic E-state index is 12.8. The van der Waals surface area contributed by atoms with Gasteiger partial charge in [0.15, 0.2) is 5.82 Å². The molecule has 2 aliphatic rings. The maximum Gasteiger partial charge on any atom is 0.352 e. The lowest BCUT2D eigenvalue weighted by Crippen LogP contribution is -2.36. The Hall–Kier alpha value is -2.55. The molecule has 2 aliphatic carbocycles. The van der Waals surface area contributed by atoms with Crippen LogP contribution in [0.4, 0.5) is 0 Å². The molecular weight excluding hydrogens is 332 g/mol. The third-order valence-corrected chi connectivity index (χ3v) is 5.40. The fourth-order valence-corrected chi connectivity index (χ4v) is 3.90. The summed E-state index contributed by atoms with van der Waals surface area (Å²) in [5.74, 6) is 2.63. The molecule has 0 spiro atoms. The monoisotopic (exact) mass is 354 g/mol. The second kappa shape index (κ2) is 5.47. The molecule has 2 fully saturated rings. The van der Waals surface area contributed by atoms with Gasteiger partial charge < -0.3 is 10.3 Å². The molecule has 3 aromatic heterocycles. The molecule has 2 N–H and O–H groups in total. The Bertz CT molecular complexity index is 1050. The molecule has 0 aliphatic heterocycles. The van der Waals surface area contributed by atoms with E-state index in [2.05, 4.69) is 24.8 Å². The van der Waals surface area contributed by atoms with Gasteiger partial charge in [-0.2, -0.15) is 0 Å². The Balaban J connectivity index is 1.54. The van der Waals surface area contributed by atoms with Gasteiger partial charge in [0.2, 0.25) is 0 Å². The number of aryl methyl sites for hydroxylation is 2. The minimum Gasteiger partial charge on any atom is -0.328 e. The summed E-state index contributed by atoms with van der Waals surface area (Å²) in [5, 5.41) is 13.2. The van der Waals surface area contributed by atoms with Gasteiger partial charge in [-0.1, -0.05) is 0 Å². The molecule has 3 heterocycles. The van der Waals surface area contributed by atoms with E-state index in [0.29, 0.717) is 24.3 Å². The summed E-state index contributed by atoms with van der Waals surface area (Å²) < 4.78 is 5.20. The van der Waals surface area contributed by atoms with Crippen LogP contribution < -0.4 is 11.4 Å². The normalized spacial score (nSPS) is 22.7. The fourth-order valence-electron chi connectivity index (χ4n) is 3.90. The Labute approximate surface area is 149 Å². The molecule has 26 heavy (non-hydrogen) atoms. The standard InChI is InChI=1S/C17H22N8O/c1-9-5-10(2)24-16(19-9)22-23(17(24)26)8-14-20-21-15(11-6-12(18)7-11)25(14)13-3-4-13/h5,11-13H,3-4,6-8,18H2,1-2H3. The predicted molar refractivity (Wildman–Crippen MR) is 94.1 cm³/mol. The molecule has 0 unspecified atom stereocenters. The number of hydrogen-bond acceptors (Lipinski definition) is 6. The molecule has 0 amide bonds. The van der Waals surface area contributed by atoms with E-state index in [1.165, 1.54) is 9.08 Å². The minimum atomic E-state index is -0.192. The van der Waals surface area contributed by atoms with Gasteiger partial charge >= 0.3 is 5.69 Å². The topological polar surface area (TPSA) is 109 Å². The second-order valence-electron chi connectivity index (χ2n) is 7.62. The number of aromatic nitrogens is 7. The van der Waals surface area contributed by atoms with E-state index in [-0.39, 0.29) is 11.7 Å². The quantitative estimate of drug-likeness (QED) is 0.738. The number of fused-ring (bicyclic) bond motifs is 1. The Morgan fingerprint density at radius 1 is 1.23 bits per heavy atom. The van der Waals surface area contributed by atoms with Crippen LogP contribution >= 0.6 is 0 Å². The number of rotatable bonds is 4. The molecule has 9 heteroatoms. The summed E-state index contributed by atoms with van der Waals surface area (Å²) in [5.41, 5.74) is 7.43. The van der Waals surface area contributed by atoms with Gasteiger partial charge in [-0.15, -0.1) is 15.3 Å². The largest absolute Gasteiger partial charge is 0.352 e. The smallest absolute Gasteiger partial charge is 0.328 e. The molecular formula is C17H22N8O. The van der Waals surface area contributed by atoms with E-state index in [9.17, 15) is 4.79 Å². The number of hydrogen-bond donors (Lipinski definition) is 1. The highest BCUT2D eigenvalue weighted by Crippen LogP contribution is 2.42. The van der Waals surface area contributed by atoms with Crippen molar-refractivity contribution < 1.29 is 0 Å². The van der Waals surface area contributed by atoms with Gasteiger partial charge in [0.25, 0.3) is 5.78 Å². The molecule has 5 rings (SSSR count). The molecule has 9 nitrogen and oxygen atoms in total. The van der Waals surface area contributed by atoms with Crippen molar-refractivity contribution in [1.82, 2.24) is 33.9 Å². The van der Waals surface area contributed by atoms with Crippen molar-refractivity contribution in [2.75, 3.05) is 0 Å². The predicted octanol–water partition coefficient (Wildman–Crippen LogP) is 0.687. The van der Waals surface area contributed by atoms with Gasteiger partial charge in [-0.05, 0) is 45.6 Å². The van der Waals surface area contributed by atoms with E-state index in [4.69, 9.17) is 5.73 Å².